The molecule has 9 heteroatoms. The number of alkyl halides is 3. The predicted molar refractivity (Wildman–Crippen MR) is 120 cm³/mol. The number of benzene rings is 1. The molecule has 0 aliphatic carbocycles. The number of likely N-dealkylation sites (tertiary alicyclic amines) is 1. The molecule has 1 unspecified atom stereocenters. The summed E-state index contributed by atoms with van der Waals surface area (Å²) in [6.45, 7) is 4.86. The molecule has 1 amide bonds. The molecular formula is C20H30F3IN4O. The Labute approximate surface area is 187 Å². The van der Waals surface area contributed by atoms with E-state index in [-0.39, 0.29) is 29.9 Å². The van der Waals surface area contributed by atoms with E-state index in [1.807, 2.05) is 4.90 Å². The van der Waals surface area contributed by atoms with Crippen LogP contribution in [-0.4, -0.2) is 50.0 Å². The maximum atomic E-state index is 12.6. The van der Waals surface area contributed by atoms with Crippen molar-refractivity contribution in [3.8, 4) is 0 Å². The van der Waals surface area contributed by atoms with Crippen LogP contribution in [0, 0.1) is 5.92 Å². The highest BCUT2D eigenvalue weighted by molar-refractivity contribution is 14.0. The van der Waals surface area contributed by atoms with Gasteiger partial charge in [0.05, 0.1) is 5.56 Å². The normalized spacial score (nSPS) is 17.5. The van der Waals surface area contributed by atoms with Crippen LogP contribution >= 0.6 is 24.0 Å². The van der Waals surface area contributed by atoms with Crippen molar-refractivity contribution in [1.82, 2.24) is 15.5 Å². The summed E-state index contributed by atoms with van der Waals surface area (Å²) in [7, 11) is 1.64. The summed E-state index contributed by atoms with van der Waals surface area (Å²) in [6.07, 6.45) is -1.09. The molecule has 29 heavy (non-hydrogen) atoms. The molecule has 2 N–H and O–H groups in total. The first-order valence-corrected chi connectivity index (χ1v) is 9.68. The highest BCUT2D eigenvalue weighted by Crippen LogP contribution is 2.29. The highest BCUT2D eigenvalue weighted by Gasteiger charge is 2.29. The Morgan fingerprint density at radius 2 is 1.86 bits per heavy atom. The van der Waals surface area contributed by atoms with Crippen LogP contribution in [0.3, 0.4) is 0 Å². The Bertz CT molecular complexity index is 665. The number of piperidine rings is 1. The lowest BCUT2D eigenvalue weighted by atomic mass is 10.00. The van der Waals surface area contributed by atoms with E-state index in [0.717, 1.165) is 37.2 Å². The molecule has 0 aromatic heterocycles. The van der Waals surface area contributed by atoms with Crippen molar-refractivity contribution in [2.75, 3.05) is 33.2 Å². The van der Waals surface area contributed by atoms with Crippen LogP contribution < -0.4 is 10.6 Å². The van der Waals surface area contributed by atoms with Crippen LogP contribution in [0.1, 0.15) is 37.3 Å². The van der Waals surface area contributed by atoms with E-state index in [9.17, 15) is 18.0 Å². The van der Waals surface area contributed by atoms with E-state index >= 15 is 0 Å². The minimum absolute atomic E-state index is 0. The second-order valence-electron chi connectivity index (χ2n) is 7.21. The molecular weight excluding hydrogens is 496 g/mol. The van der Waals surface area contributed by atoms with Crippen molar-refractivity contribution in [1.29, 1.82) is 0 Å². The number of aliphatic imine (C=N–C) groups is 1. The zero-order chi connectivity index (χ0) is 20.6. The van der Waals surface area contributed by atoms with Crippen molar-refractivity contribution in [3.05, 3.63) is 35.4 Å². The second kappa shape index (κ2) is 12.2. The van der Waals surface area contributed by atoms with Gasteiger partial charge in [-0.05, 0) is 42.9 Å². The number of rotatable bonds is 6. The van der Waals surface area contributed by atoms with Gasteiger partial charge in [0.25, 0.3) is 0 Å². The topological polar surface area (TPSA) is 56.7 Å². The van der Waals surface area contributed by atoms with Gasteiger partial charge in [0, 0.05) is 39.6 Å². The lowest BCUT2D eigenvalue weighted by Gasteiger charge is -2.31. The molecule has 1 aliphatic heterocycles. The fraction of sp³-hybridized carbons (Fsp3) is 0.600. The van der Waals surface area contributed by atoms with Gasteiger partial charge in [0.1, 0.15) is 0 Å². The zero-order valence-corrected chi connectivity index (χ0v) is 19.2. The summed E-state index contributed by atoms with van der Waals surface area (Å²) >= 11 is 0. The van der Waals surface area contributed by atoms with Gasteiger partial charge < -0.3 is 15.5 Å². The van der Waals surface area contributed by atoms with Crippen LogP contribution in [0.15, 0.2) is 29.3 Å². The van der Waals surface area contributed by atoms with E-state index in [1.165, 1.54) is 18.6 Å². The summed E-state index contributed by atoms with van der Waals surface area (Å²) in [5, 5.41) is 6.22. The average molecular weight is 526 g/mol. The maximum Gasteiger partial charge on any atom is 0.416 e. The first-order chi connectivity index (χ1) is 13.3. The summed E-state index contributed by atoms with van der Waals surface area (Å²) in [4.78, 5) is 18.3. The molecule has 0 saturated carbocycles. The van der Waals surface area contributed by atoms with Gasteiger partial charge in [-0.15, -0.1) is 24.0 Å². The average Bonchev–Trinajstić information content (AvgIpc) is 2.66. The molecule has 1 fully saturated rings. The Morgan fingerprint density at radius 1 is 1.21 bits per heavy atom. The van der Waals surface area contributed by atoms with Gasteiger partial charge >= 0.3 is 6.18 Å². The molecule has 0 bridgehead atoms. The molecule has 164 valence electrons. The Kier molecular flexibility index (Phi) is 10.8. The third kappa shape index (κ3) is 8.79. The smallest absolute Gasteiger partial charge is 0.356 e. The largest absolute Gasteiger partial charge is 0.416 e. The van der Waals surface area contributed by atoms with Crippen molar-refractivity contribution in [3.63, 3.8) is 0 Å². The van der Waals surface area contributed by atoms with Gasteiger partial charge in [-0.1, -0.05) is 19.1 Å². The monoisotopic (exact) mass is 526 g/mol. The second-order valence-corrected chi connectivity index (χ2v) is 7.21. The lowest BCUT2D eigenvalue weighted by molar-refractivity contribution is -0.137. The van der Waals surface area contributed by atoms with Crippen LogP contribution in [0.5, 0.6) is 0 Å². The molecule has 1 aromatic carbocycles. The highest BCUT2D eigenvalue weighted by atomic mass is 127. The molecule has 1 saturated heterocycles. The number of amides is 1. The van der Waals surface area contributed by atoms with E-state index < -0.39 is 11.7 Å². The van der Waals surface area contributed by atoms with Gasteiger partial charge in [-0.25, -0.2) is 0 Å². The van der Waals surface area contributed by atoms with Gasteiger partial charge in [0.15, 0.2) is 5.96 Å². The number of nitrogens with one attached hydrogen (secondary N) is 2. The fourth-order valence-electron chi connectivity index (χ4n) is 3.27. The van der Waals surface area contributed by atoms with Crippen molar-refractivity contribution in [2.45, 2.75) is 38.8 Å². The Morgan fingerprint density at radius 3 is 2.45 bits per heavy atom. The quantitative estimate of drug-likeness (QED) is 0.338. The Hall–Kier alpha value is -1.52. The van der Waals surface area contributed by atoms with E-state index in [4.69, 9.17) is 0 Å². The van der Waals surface area contributed by atoms with Gasteiger partial charge in [-0.3, -0.25) is 9.79 Å². The van der Waals surface area contributed by atoms with Crippen LogP contribution in [0.4, 0.5) is 13.2 Å². The third-order valence-electron chi connectivity index (χ3n) is 4.85. The number of nitrogens with zero attached hydrogens (tertiary/aromatic N) is 2. The van der Waals surface area contributed by atoms with E-state index in [1.54, 1.807) is 7.05 Å². The summed E-state index contributed by atoms with van der Waals surface area (Å²) in [5.41, 5.74) is 0.166. The third-order valence-corrected chi connectivity index (χ3v) is 4.85. The number of guanidine groups is 1. The summed E-state index contributed by atoms with van der Waals surface area (Å²) in [5.74, 6) is 1.29. The van der Waals surface area contributed by atoms with E-state index in [2.05, 4.69) is 22.5 Å². The number of carbonyl (C=O) groups is 1. The molecule has 0 radical (unpaired) electrons. The summed E-state index contributed by atoms with van der Waals surface area (Å²) in [6, 6.07) is 5.16. The fourth-order valence-corrected chi connectivity index (χ4v) is 3.27. The Balaban J connectivity index is 0.00000420. The van der Waals surface area contributed by atoms with Crippen LogP contribution in [0.2, 0.25) is 0 Å². The van der Waals surface area contributed by atoms with Crippen molar-refractivity contribution < 1.29 is 18.0 Å². The lowest BCUT2D eigenvalue weighted by Crippen LogP contribution is -2.42. The minimum Gasteiger partial charge on any atom is -0.356 e. The molecule has 1 atom stereocenters. The SMILES string of the molecule is CN=C(NCCC(=O)N1CCCC(C)C1)NCCc1ccc(C(F)(F)F)cc1.I. The summed E-state index contributed by atoms with van der Waals surface area (Å²) < 4.78 is 37.7. The molecule has 2 rings (SSSR count). The number of carbonyl (C=O) groups excluding carboxylic acids is 1. The molecule has 1 aliphatic rings. The number of hydrogen-bond donors (Lipinski definition) is 2. The van der Waals surface area contributed by atoms with Gasteiger partial charge in [-0.2, -0.15) is 13.2 Å². The molecule has 0 spiro atoms. The first kappa shape index (κ1) is 25.5. The van der Waals surface area contributed by atoms with Crippen LogP contribution in [0.25, 0.3) is 0 Å². The van der Waals surface area contributed by atoms with Gasteiger partial charge in [0.2, 0.25) is 5.91 Å². The standard InChI is InChI=1S/C20H29F3N4O.HI/c1-15-4-3-13-27(14-15)18(28)10-12-26-19(24-2)25-11-9-16-5-7-17(8-6-16)20(21,22)23;/h5-8,15H,3-4,9-14H2,1-2H3,(H2,24,25,26);1H. The van der Waals surface area contributed by atoms with E-state index in [0.29, 0.717) is 37.8 Å². The molecule has 1 heterocycles. The maximum absolute atomic E-state index is 12.6. The van der Waals surface area contributed by atoms with Crippen molar-refractivity contribution in [2.24, 2.45) is 10.9 Å². The number of hydrogen-bond acceptors (Lipinski definition) is 2. The molecule has 1 aromatic rings. The predicted octanol–water partition coefficient (Wildman–Crippen LogP) is 3.68. The molecule has 5 nitrogen and oxygen atoms in total. The van der Waals surface area contributed by atoms with Crippen molar-refractivity contribution >= 4 is 35.8 Å². The zero-order valence-electron chi connectivity index (χ0n) is 16.9. The van der Waals surface area contributed by atoms with Crippen LogP contribution in [-0.2, 0) is 17.4 Å². The first-order valence-electron chi connectivity index (χ1n) is 9.68. The number of halogens is 4. The minimum atomic E-state index is -4.31.